The number of anilines is 2. The number of para-hydroxylation sites is 1. The molecule has 0 saturated heterocycles. The van der Waals surface area contributed by atoms with Crippen LogP contribution < -0.4 is 10.6 Å². The summed E-state index contributed by atoms with van der Waals surface area (Å²) in [4.78, 5) is 10.8. The maximum Gasteiger partial charge on any atom is 0.163 e. The van der Waals surface area contributed by atoms with Crippen LogP contribution in [0.4, 0.5) is 11.6 Å². The molecular formula is C16H17N7. The highest BCUT2D eigenvalue weighted by Crippen LogP contribution is 2.22. The van der Waals surface area contributed by atoms with E-state index < -0.39 is 0 Å². The first-order valence-electron chi connectivity index (χ1n) is 7.34. The quantitative estimate of drug-likeness (QED) is 0.745. The Hall–Kier alpha value is -3.14. The van der Waals surface area contributed by atoms with Crippen molar-refractivity contribution in [3.05, 3.63) is 41.9 Å². The minimum atomic E-state index is 0.262. The van der Waals surface area contributed by atoms with Crippen molar-refractivity contribution in [1.29, 1.82) is 5.26 Å². The number of benzene rings is 1. The maximum atomic E-state index is 9.08. The lowest BCUT2D eigenvalue weighted by atomic mass is 10.1. The summed E-state index contributed by atoms with van der Waals surface area (Å²) in [6.07, 6.45) is 3.14. The predicted molar refractivity (Wildman–Crippen MR) is 88.8 cm³/mol. The molecule has 23 heavy (non-hydrogen) atoms. The molecule has 0 aliphatic rings. The van der Waals surface area contributed by atoms with E-state index in [-0.39, 0.29) is 5.82 Å². The van der Waals surface area contributed by atoms with Crippen molar-refractivity contribution in [3.63, 3.8) is 0 Å². The number of aromatic nitrogens is 4. The van der Waals surface area contributed by atoms with Gasteiger partial charge in [0.2, 0.25) is 0 Å². The number of aromatic amines is 1. The number of nitrogens with zero attached hydrogens (tertiary/aromatic N) is 5. The van der Waals surface area contributed by atoms with Crippen molar-refractivity contribution in [2.75, 3.05) is 24.2 Å². The van der Waals surface area contributed by atoms with Crippen LogP contribution in [-0.4, -0.2) is 33.8 Å². The number of aryl methyl sites for hydroxylation is 1. The summed E-state index contributed by atoms with van der Waals surface area (Å²) in [7, 11) is 2.00. The van der Waals surface area contributed by atoms with E-state index in [1.54, 1.807) is 6.33 Å². The molecule has 2 heterocycles. The van der Waals surface area contributed by atoms with Gasteiger partial charge < -0.3 is 10.6 Å². The second-order valence-electron chi connectivity index (χ2n) is 5.31. The van der Waals surface area contributed by atoms with Gasteiger partial charge in [-0.05, 0) is 25.0 Å². The molecule has 0 aliphatic carbocycles. The van der Waals surface area contributed by atoms with E-state index in [1.807, 2.05) is 31.3 Å². The Kier molecular flexibility index (Phi) is 4.06. The van der Waals surface area contributed by atoms with Gasteiger partial charge in [0, 0.05) is 19.0 Å². The molecule has 3 rings (SSSR count). The Balaban J connectivity index is 1.69. The third kappa shape index (κ3) is 2.92. The van der Waals surface area contributed by atoms with Crippen molar-refractivity contribution < 1.29 is 0 Å². The van der Waals surface area contributed by atoms with Crippen molar-refractivity contribution >= 4 is 22.5 Å². The number of nitriles is 1. The van der Waals surface area contributed by atoms with Crippen LogP contribution in [0.5, 0.6) is 0 Å². The molecule has 0 unspecified atom stereocenters. The molecule has 1 aromatic carbocycles. The molecule has 0 fully saturated rings. The van der Waals surface area contributed by atoms with E-state index in [9.17, 15) is 0 Å². The van der Waals surface area contributed by atoms with Crippen LogP contribution >= 0.6 is 0 Å². The van der Waals surface area contributed by atoms with Crippen molar-refractivity contribution in [2.24, 2.45) is 0 Å². The first-order valence-corrected chi connectivity index (χ1v) is 7.34. The zero-order valence-corrected chi connectivity index (χ0v) is 12.8. The topological polar surface area (TPSA) is 108 Å². The molecule has 0 aliphatic heterocycles. The van der Waals surface area contributed by atoms with Crippen LogP contribution in [0.15, 0.2) is 30.6 Å². The van der Waals surface area contributed by atoms with Crippen LogP contribution in [0, 0.1) is 11.3 Å². The van der Waals surface area contributed by atoms with Crippen molar-refractivity contribution in [2.45, 2.75) is 12.8 Å². The van der Waals surface area contributed by atoms with Crippen LogP contribution in [0.25, 0.3) is 10.9 Å². The van der Waals surface area contributed by atoms with Gasteiger partial charge in [0.1, 0.15) is 23.8 Å². The number of rotatable bonds is 5. The van der Waals surface area contributed by atoms with Crippen LogP contribution in [0.1, 0.15) is 17.7 Å². The van der Waals surface area contributed by atoms with E-state index in [2.05, 4.69) is 31.1 Å². The summed E-state index contributed by atoms with van der Waals surface area (Å²) in [5, 5.41) is 16.8. The molecule has 0 spiro atoms. The van der Waals surface area contributed by atoms with E-state index >= 15 is 0 Å². The lowest BCUT2D eigenvalue weighted by Gasteiger charge is -2.19. The summed E-state index contributed by atoms with van der Waals surface area (Å²) < 4.78 is 0. The summed E-state index contributed by atoms with van der Waals surface area (Å²) in [6, 6.07) is 10.0. The first-order chi connectivity index (χ1) is 11.2. The fourth-order valence-corrected chi connectivity index (χ4v) is 2.59. The average Bonchev–Trinajstić information content (AvgIpc) is 2.94. The zero-order valence-electron chi connectivity index (χ0n) is 12.8. The average molecular weight is 307 g/mol. The first kappa shape index (κ1) is 14.8. The number of H-pyrrole nitrogens is 1. The molecular weight excluding hydrogens is 290 g/mol. The monoisotopic (exact) mass is 307 g/mol. The summed E-state index contributed by atoms with van der Waals surface area (Å²) in [5.41, 5.74) is 7.80. The van der Waals surface area contributed by atoms with Gasteiger partial charge in [0.05, 0.1) is 11.2 Å². The normalized spacial score (nSPS) is 10.6. The van der Waals surface area contributed by atoms with Gasteiger partial charge in [0.15, 0.2) is 5.82 Å². The Bertz CT molecular complexity index is 857. The molecule has 116 valence electrons. The van der Waals surface area contributed by atoms with Gasteiger partial charge in [-0.25, -0.2) is 9.97 Å². The van der Waals surface area contributed by atoms with Gasteiger partial charge in [0.25, 0.3) is 0 Å². The summed E-state index contributed by atoms with van der Waals surface area (Å²) in [5.74, 6) is 1.16. The van der Waals surface area contributed by atoms with Crippen molar-refractivity contribution in [3.8, 4) is 6.07 Å². The Labute approximate surface area is 133 Å². The van der Waals surface area contributed by atoms with Gasteiger partial charge in [-0.15, -0.1) is 0 Å². The number of fused-ring (bicyclic) bond motifs is 1. The largest absolute Gasteiger partial charge is 0.381 e. The lowest BCUT2D eigenvalue weighted by molar-refractivity contribution is 0.760. The number of nitrogen functional groups attached to an aromatic ring is 1. The van der Waals surface area contributed by atoms with E-state index in [4.69, 9.17) is 11.0 Å². The third-order valence-electron chi connectivity index (χ3n) is 3.78. The molecule has 0 amide bonds. The van der Waals surface area contributed by atoms with E-state index in [0.29, 0.717) is 12.0 Å². The Morgan fingerprint density at radius 1 is 1.30 bits per heavy atom. The molecule has 0 atom stereocenters. The number of nitrogens with two attached hydrogens (primary N) is 1. The molecule has 7 heteroatoms. The maximum absolute atomic E-state index is 9.08. The van der Waals surface area contributed by atoms with Gasteiger partial charge in [-0.2, -0.15) is 10.4 Å². The van der Waals surface area contributed by atoms with Crippen molar-refractivity contribution in [1.82, 2.24) is 20.2 Å². The number of hydrogen-bond donors (Lipinski definition) is 2. The lowest BCUT2D eigenvalue weighted by Crippen LogP contribution is -2.20. The van der Waals surface area contributed by atoms with Gasteiger partial charge in [-0.3, -0.25) is 5.10 Å². The SMILES string of the molecule is CN(CCCc1[nH]nc(N)c1C#N)c1ncnc2ccccc12. The zero-order chi connectivity index (χ0) is 16.2. The molecule has 2 aromatic heterocycles. The van der Waals surface area contributed by atoms with E-state index in [0.717, 1.165) is 35.4 Å². The van der Waals surface area contributed by atoms with Gasteiger partial charge >= 0.3 is 0 Å². The molecule has 3 aromatic rings. The molecule has 0 bridgehead atoms. The number of hydrogen-bond acceptors (Lipinski definition) is 6. The molecule has 0 radical (unpaired) electrons. The summed E-state index contributed by atoms with van der Waals surface area (Å²) in [6.45, 7) is 0.796. The minimum absolute atomic E-state index is 0.262. The summed E-state index contributed by atoms with van der Waals surface area (Å²) >= 11 is 0. The van der Waals surface area contributed by atoms with Crippen LogP contribution in [-0.2, 0) is 6.42 Å². The van der Waals surface area contributed by atoms with Crippen LogP contribution in [0.3, 0.4) is 0 Å². The fraction of sp³-hybridized carbons (Fsp3) is 0.250. The standard InChI is InChI=1S/C16H17N7/c1-23(8-4-7-14-12(9-17)15(18)22-21-14)16-11-5-2-3-6-13(11)19-10-20-16/h2-3,5-6,10H,4,7-8H2,1H3,(H3,18,21,22). The fourth-order valence-electron chi connectivity index (χ4n) is 2.59. The smallest absolute Gasteiger partial charge is 0.163 e. The highest BCUT2D eigenvalue weighted by atomic mass is 15.2. The van der Waals surface area contributed by atoms with E-state index in [1.165, 1.54) is 0 Å². The van der Waals surface area contributed by atoms with Crippen LogP contribution in [0.2, 0.25) is 0 Å². The van der Waals surface area contributed by atoms with Gasteiger partial charge in [-0.1, -0.05) is 12.1 Å². The number of nitrogens with one attached hydrogen (secondary N) is 1. The Morgan fingerprint density at radius 3 is 2.96 bits per heavy atom. The Morgan fingerprint density at radius 2 is 2.13 bits per heavy atom. The molecule has 0 saturated carbocycles. The highest BCUT2D eigenvalue weighted by molar-refractivity contribution is 5.89. The minimum Gasteiger partial charge on any atom is -0.381 e. The highest BCUT2D eigenvalue weighted by Gasteiger charge is 2.11. The molecule has 3 N–H and O–H groups in total. The predicted octanol–water partition coefficient (Wildman–Crippen LogP) is 1.88. The second kappa shape index (κ2) is 6.32. The molecule has 7 nitrogen and oxygen atoms in total. The second-order valence-corrected chi connectivity index (χ2v) is 5.31. The third-order valence-corrected chi connectivity index (χ3v) is 3.78.